The molecule has 1 amide bonds. The number of thioether (sulfide) groups is 1. The standard InChI is InChI=1S/C12H17N3OS2/c16-11(8-17-12-15-14-9-18-12)13-7-6-10-4-2-1-3-5-10/h4,9H,1-3,5-8H2,(H,13,16). The van der Waals surface area contributed by atoms with Gasteiger partial charge >= 0.3 is 0 Å². The molecule has 98 valence electrons. The molecule has 2 rings (SSSR count). The van der Waals surface area contributed by atoms with E-state index in [2.05, 4.69) is 21.6 Å². The highest BCUT2D eigenvalue weighted by atomic mass is 32.2. The Kier molecular flexibility index (Phi) is 5.67. The Labute approximate surface area is 115 Å². The Balaban J connectivity index is 1.58. The molecule has 0 fully saturated rings. The van der Waals surface area contributed by atoms with E-state index in [0.717, 1.165) is 17.3 Å². The van der Waals surface area contributed by atoms with Crippen molar-refractivity contribution in [1.29, 1.82) is 0 Å². The van der Waals surface area contributed by atoms with Crippen LogP contribution in [-0.4, -0.2) is 28.4 Å². The molecule has 1 heterocycles. The molecule has 0 saturated carbocycles. The average Bonchev–Trinajstić information content (AvgIpc) is 2.91. The minimum Gasteiger partial charge on any atom is -0.355 e. The van der Waals surface area contributed by atoms with E-state index in [9.17, 15) is 4.79 Å². The van der Waals surface area contributed by atoms with Gasteiger partial charge in [0.2, 0.25) is 5.91 Å². The molecule has 18 heavy (non-hydrogen) atoms. The maximum atomic E-state index is 11.6. The van der Waals surface area contributed by atoms with E-state index >= 15 is 0 Å². The molecule has 0 atom stereocenters. The fourth-order valence-corrected chi connectivity index (χ4v) is 3.22. The summed E-state index contributed by atoms with van der Waals surface area (Å²) >= 11 is 2.90. The third kappa shape index (κ3) is 4.78. The van der Waals surface area contributed by atoms with Crippen LogP contribution >= 0.6 is 23.1 Å². The number of amides is 1. The van der Waals surface area contributed by atoms with E-state index in [4.69, 9.17) is 0 Å². The molecule has 1 aromatic rings. The molecule has 4 nitrogen and oxygen atoms in total. The number of carbonyl (C=O) groups is 1. The topological polar surface area (TPSA) is 54.9 Å². The molecule has 0 unspecified atom stereocenters. The molecule has 1 aromatic heterocycles. The van der Waals surface area contributed by atoms with Crippen LogP contribution < -0.4 is 5.32 Å². The van der Waals surface area contributed by atoms with Gasteiger partial charge in [-0.1, -0.05) is 34.7 Å². The Morgan fingerprint density at radius 2 is 2.44 bits per heavy atom. The predicted octanol–water partition coefficient (Wildman–Crippen LogP) is 2.64. The second-order valence-electron chi connectivity index (χ2n) is 4.20. The van der Waals surface area contributed by atoms with Crippen LogP contribution in [-0.2, 0) is 4.79 Å². The Bertz CT molecular complexity index is 403. The maximum absolute atomic E-state index is 11.6. The van der Waals surface area contributed by atoms with Gasteiger partial charge in [0.25, 0.3) is 0 Å². The number of nitrogens with zero attached hydrogens (tertiary/aromatic N) is 2. The van der Waals surface area contributed by atoms with E-state index < -0.39 is 0 Å². The van der Waals surface area contributed by atoms with Crippen molar-refractivity contribution in [3.8, 4) is 0 Å². The summed E-state index contributed by atoms with van der Waals surface area (Å²) in [5.41, 5.74) is 3.17. The zero-order valence-corrected chi connectivity index (χ0v) is 11.9. The molecule has 1 N–H and O–H groups in total. The minimum absolute atomic E-state index is 0.0756. The normalized spacial score (nSPS) is 15.2. The van der Waals surface area contributed by atoms with E-state index in [1.165, 1.54) is 54.4 Å². The van der Waals surface area contributed by atoms with E-state index in [-0.39, 0.29) is 5.91 Å². The van der Waals surface area contributed by atoms with E-state index in [1.54, 1.807) is 5.51 Å². The molecule has 0 bridgehead atoms. The van der Waals surface area contributed by atoms with Crippen LogP contribution in [0.25, 0.3) is 0 Å². The summed E-state index contributed by atoms with van der Waals surface area (Å²) in [4.78, 5) is 11.6. The van der Waals surface area contributed by atoms with E-state index in [1.807, 2.05) is 0 Å². The third-order valence-corrected chi connectivity index (χ3v) is 4.68. The summed E-state index contributed by atoms with van der Waals surface area (Å²) < 4.78 is 0.847. The van der Waals surface area contributed by atoms with Gasteiger partial charge in [0.1, 0.15) is 5.51 Å². The molecule has 0 aromatic carbocycles. The molecular weight excluding hydrogens is 266 g/mol. The minimum atomic E-state index is 0.0756. The van der Waals surface area contributed by atoms with Crippen molar-refractivity contribution in [3.63, 3.8) is 0 Å². The molecular formula is C12H17N3OS2. The first-order valence-electron chi connectivity index (χ1n) is 6.18. The largest absolute Gasteiger partial charge is 0.355 e. The number of rotatable bonds is 6. The summed E-state index contributed by atoms with van der Waals surface area (Å²) in [6.45, 7) is 0.751. The lowest BCUT2D eigenvalue weighted by atomic mass is 9.97. The molecule has 6 heteroatoms. The molecule has 0 saturated heterocycles. The van der Waals surface area contributed by atoms with Crippen LogP contribution in [0, 0.1) is 0 Å². The second-order valence-corrected chi connectivity index (χ2v) is 6.26. The summed E-state index contributed by atoms with van der Waals surface area (Å²) in [7, 11) is 0. The van der Waals surface area contributed by atoms with Crippen molar-refractivity contribution < 1.29 is 4.79 Å². The number of hydrogen-bond acceptors (Lipinski definition) is 5. The van der Waals surface area contributed by atoms with Gasteiger partial charge in [-0.2, -0.15) is 0 Å². The van der Waals surface area contributed by atoms with Crippen LogP contribution in [0.1, 0.15) is 32.1 Å². The van der Waals surface area contributed by atoms with Crippen LogP contribution in [0.4, 0.5) is 0 Å². The Morgan fingerprint density at radius 1 is 1.50 bits per heavy atom. The van der Waals surface area contributed by atoms with Crippen LogP contribution in [0.3, 0.4) is 0 Å². The first-order chi connectivity index (χ1) is 8.84. The van der Waals surface area contributed by atoms with Crippen molar-refractivity contribution in [2.24, 2.45) is 0 Å². The number of nitrogens with one attached hydrogen (secondary N) is 1. The first kappa shape index (κ1) is 13.5. The van der Waals surface area contributed by atoms with E-state index in [0.29, 0.717) is 5.75 Å². The summed E-state index contributed by atoms with van der Waals surface area (Å²) in [6, 6.07) is 0. The van der Waals surface area contributed by atoms with Crippen LogP contribution in [0.15, 0.2) is 21.5 Å². The molecule has 0 aliphatic heterocycles. The lowest BCUT2D eigenvalue weighted by Gasteiger charge is -2.12. The number of allylic oxidation sites excluding steroid dienone is 1. The van der Waals surface area contributed by atoms with Gasteiger partial charge < -0.3 is 5.32 Å². The third-order valence-electron chi connectivity index (χ3n) is 2.82. The fraction of sp³-hybridized carbons (Fsp3) is 0.583. The lowest BCUT2D eigenvalue weighted by molar-refractivity contribution is -0.118. The summed E-state index contributed by atoms with van der Waals surface area (Å²) in [6.07, 6.45) is 8.34. The first-order valence-corrected chi connectivity index (χ1v) is 8.04. The highest BCUT2D eigenvalue weighted by Crippen LogP contribution is 2.20. The average molecular weight is 283 g/mol. The Hall–Kier alpha value is -0.880. The highest BCUT2D eigenvalue weighted by Gasteiger charge is 2.06. The lowest BCUT2D eigenvalue weighted by Crippen LogP contribution is -2.26. The number of aromatic nitrogens is 2. The zero-order valence-electron chi connectivity index (χ0n) is 10.2. The monoisotopic (exact) mass is 283 g/mol. The van der Waals surface area contributed by atoms with Gasteiger partial charge in [0.05, 0.1) is 5.75 Å². The maximum Gasteiger partial charge on any atom is 0.230 e. The van der Waals surface area contributed by atoms with Gasteiger partial charge in [0.15, 0.2) is 4.34 Å². The van der Waals surface area contributed by atoms with Gasteiger partial charge in [-0.25, -0.2) is 0 Å². The summed E-state index contributed by atoms with van der Waals surface area (Å²) in [5, 5.41) is 10.6. The smallest absolute Gasteiger partial charge is 0.230 e. The molecule has 1 aliphatic rings. The van der Waals surface area contributed by atoms with Crippen molar-refractivity contribution in [2.75, 3.05) is 12.3 Å². The van der Waals surface area contributed by atoms with Crippen LogP contribution in [0.2, 0.25) is 0 Å². The zero-order chi connectivity index (χ0) is 12.6. The molecule has 1 aliphatic carbocycles. The van der Waals surface area contributed by atoms with Crippen LogP contribution in [0.5, 0.6) is 0 Å². The SMILES string of the molecule is O=C(CSc1nncs1)NCCC1=CCCCC1. The van der Waals surface area contributed by atoms with Crippen molar-refractivity contribution >= 4 is 29.0 Å². The van der Waals surface area contributed by atoms with Crippen molar-refractivity contribution in [2.45, 2.75) is 36.4 Å². The van der Waals surface area contributed by atoms with Gasteiger partial charge in [0, 0.05) is 6.54 Å². The number of carbonyl (C=O) groups excluding carboxylic acids is 1. The fourth-order valence-electron chi connectivity index (χ4n) is 1.90. The number of hydrogen-bond donors (Lipinski definition) is 1. The summed E-state index contributed by atoms with van der Waals surface area (Å²) in [5.74, 6) is 0.500. The van der Waals surface area contributed by atoms with Gasteiger partial charge in [-0.3, -0.25) is 4.79 Å². The predicted molar refractivity (Wildman–Crippen MR) is 74.8 cm³/mol. The second kappa shape index (κ2) is 7.53. The highest BCUT2D eigenvalue weighted by molar-refractivity contribution is 8.01. The van der Waals surface area contributed by atoms with Gasteiger partial charge in [-0.15, -0.1) is 10.2 Å². The quantitative estimate of drug-likeness (QED) is 0.644. The molecule has 0 spiro atoms. The van der Waals surface area contributed by atoms with Gasteiger partial charge in [-0.05, 0) is 32.1 Å². The van der Waals surface area contributed by atoms with Crippen molar-refractivity contribution in [3.05, 3.63) is 17.2 Å². The molecule has 0 radical (unpaired) electrons. The Morgan fingerprint density at radius 3 is 3.17 bits per heavy atom. The van der Waals surface area contributed by atoms with Crippen molar-refractivity contribution in [1.82, 2.24) is 15.5 Å².